The fraction of sp³-hybridized carbons (Fsp3) is 0.929. The molecule has 0 aromatic carbocycles. The Morgan fingerprint density at radius 3 is 2.33 bits per heavy atom. The van der Waals surface area contributed by atoms with Crippen LogP contribution in [-0.2, 0) is 9.53 Å². The monoisotopic (exact) mass is 258 g/mol. The number of amides is 1. The average Bonchev–Trinajstić information content (AvgIpc) is 2.36. The zero-order chi connectivity index (χ0) is 14.0. The van der Waals surface area contributed by atoms with Crippen molar-refractivity contribution in [2.24, 2.45) is 11.1 Å². The molecule has 0 saturated carbocycles. The minimum absolute atomic E-state index is 0.0970. The van der Waals surface area contributed by atoms with Gasteiger partial charge in [-0.05, 0) is 39.5 Å². The predicted molar refractivity (Wildman–Crippen MR) is 75.4 cm³/mol. The Kier molecular flexibility index (Phi) is 9.02. The topological polar surface area (TPSA) is 64.4 Å². The quantitative estimate of drug-likeness (QED) is 0.590. The molecule has 0 fully saturated rings. The van der Waals surface area contributed by atoms with Gasteiger partial charge >= 0.3 is 0 Å². The van der Waals surface area contributed by atoms with E-state index in [4.69, 9.17) is 10.5 Å². The molecule has 0 unspecified atom stereocenters. The van der Waals surface area contributed by atoms with Gasteiger partial charge in [0.05, 0.1) is 11.5 Å². The predicted octanol–water partition coefficient (Wildman–Crippen LogP) is 2.07. The fourth-order valence-electron chi connectivity index (χ4n) is 1.89. The van der Waals surface area contributed by atoms with Crippen molar-refractivity contribution in [1.29, 1.82) is 0 Å². The molecule has 0 rings (SSSR count). The first kappa shape index (κ1) is 17.4. The van der Waals surface area contributed by atoms with Gasteiger partial charge in [-0.25, -0.2) is 0 Å². The first-order valence-electron chi connectivity index (χ1n) is 7.12. The molecule has 0 radical (unpaired) electrons. The van der Waals surface area contributed by atoms with Crippen molar-refractivity contribution in [3.8, 4) is 0 Å². The number of nitrogens with two attached hydrogens (primary N) is 1. The fourth-order valence-corrected chi connectivity index (χ4v) is 1.89. The standard InChI is InChI=1S/C14H30N2O2/c1-5-14(6-2,11-15)13(17)16-9-7-8-10-18-12(3)4/h12H,5-11,15H2,1-4H3,(H,16,17). The second kappa shape index (κ2) is 9.34. The van der Waals surface area contributed by atoms with Crippen LogP contribution in [0.5, 0.6) is 0 Å². The molecule has 0 heterocycles. The minimum Gasteiger partial charge on any atom is -0.379 e. The molecule has 0 aromatic rings. The van der Waals surface area contributed by atoms with Gasteiger partial charge in [-0.2, -0.15) is 0 Å². The van der Waals surface area contributed by atoms with E-state index >= 15 is 0 Å². The summed E-state index contributed by atoms with van der Waals surface area (Å²) in [5.41, 5.74) is 5.35. The molecule has 0 aliphatic rings. The van der Waals surface area contributed by atoms with Gasteiger partial charge in [0.15, 0.2) is 0 Å². The second-order valence-corrected chi connectivity index (χ2v) is 5.07. The smallest absolute Gasteiger partial charge is 0.227 e. The van der Waals surface area contributed by atoms with Gasteiger partial charge in [0.25, 0.3) is 0 Å². The largest absolute Gasteiger partial charge is 0.379 e. The third kappa shape index (κ3) is 5.83. The van der Waals surface area contributed by atoms with E-state index in [1.807, 2.05) is 27.7 Å². The number of rotatable bonds is 10. The van der Waals surface area contributed by atoms with Gasteiger partial charge in [-0.15, -0.1) is 0 Å². The highest BCUT2D eigenvalue weighted by Gasteiger charge is 2.32. The Bertz CT molecular complexity index is 218. The van der Waals surface area contributed by atoms with Crippen LogP contribution >= 0.6 is 0 Å². The molecule has 0 saturated heterocycles. The summed E-state index contributed by atoms with van der Waals surface area (Å²) in [7, 11) is 0. The molecule has 0 spiro atoms. The zero-order valence-corrected chi connectivity index (χ0v) is 12.4. The molecule has 0 bridgehead atoms. The lowest BCUT2D eigenvalue weighted by atomic mass is 9.81. The van der Waals surface area contributed by atoms with Crippen LogP contribution < -0.4 is 11.1 Å². The Morgan fingerprint density at radius 1 is 1.28 bits per heavy atom. The molecule has 0 aliphatic heterocycles. The zero-order valence-electron chi connectivity index (χ0n) is 12.4. The van der Waals surface area contributed by atoms with Crippen molar-refractivity contribution in [2.75, 3.05) is 19.7 Å². The first-order valence-corrected chi connectivity index (χ1v) is 7.12. The molecule has 0 aliphatic carbocycles. The van der Waals surface area contributed by atoms with Gasteiger partial charge in [-0.3, -0.25) is 4.79 Å². The molecule has 18 heavy (non-hydrogen) atoms. The van der Waals surface area contributed by atoms with Crippen molar-refractivity contribution in [3.63, 3.8) is 0 Å². The Morgan fingerprint density at radius 2 is 1.89 bits per heavy atom. The van der Waals surface area contributed by atoms with E-state index in [1.54, 1.807) is 0 Å². The van der Waals surface area contributed by atoms with Crippen LogP contribution in [0, 0.1) is 5.41 Å². The Labute approximate surface area is 112 Å². The van der Waals surface area contributed by atoms with E-state index in [-0.39, 0.29) is 17.4 Å². The van der Waals surface area contributed by atoms with Crippen molar-refractivity contribution >= 4 is 5.91 Å². The SMILES string of the molecule is CCC(CC)(CN)C(=O)NCCCCOC(C)C. The second-order valence-electron chi connectivity index (χ2n) is 5.07. The van der Waals surface area contributed by atoms with Crippen molar-refractivity contribution < 1.29 is 9.53 Å². The van der Waals surface area contributed by atoms with Gasteiger partial charge < -0.3 is 15.8 Å². The lowest BCUT2D eigenvalue weighted by molar-refractivity contribution is -0.131. The van der Waals surface area contributed by atoms with E-state index in [0.717, 1.165) is 32.3 Å². The van der Waals surface area contributed by atoms with E-state index in [2.05, 4.69) is 5.32 Å². The van der Waals surface area contributed by atoms with Gasteiger partial charge in [-0.1, -0.05) is 13.8 Å². The normalized spacial score (nSPS) is 11.9. The van der Waals surface area contributed by atoms with Crippen LogP contribution in [0.15, 0.2) is 0 Å². The van der Waals surface area contributed by atoms with Crippen LogP contribution in [0.2, 0.25) is 0 Å². The Balaban J connectivity index is 3.82. The number of nitrogens with one attached hydrogen (secondary N) is 1. The summed E-state index contributed by atoms with van der Waals surface area (Å²) in [6.45, 7) is 9.99. The molecular weight excluding hydrogens is 228 g/mol. The molecule has 3 N–H and O–H groups in total. The van der Waals surface area contributed by atoms with E-state index in [9.17, 15) is 4.79 Å². The summed E-state index contributed by atoms with van der Waals surface area (Å²) < 4.78 is 5.45. The third-order valence-corrected chi connectivity index (χ3v) is 3.53. The summed E-state index contributed by atoms with van der Waals surface area (Å²) in [6, 6.07) is 0. The number of hydrogen-bond donors (Lipinski definition) is 2. The summed E-state index contributed by atoms with van der Waals surface area (Å²) >= 11 is 0. The van der Waals surface area contributed by atoms with Crippen LogP contribution in [-0.4, -0.2) is 31.7 Å². The van der Waals surface area contributed by atoms with Crippen LogP contribution in [0.25, 0.3) is 0 Å². The molecule has 0 atom stereocenters. The molecule has 1 amide bonds. The maximum absolute atomic E-state index is 12.1. The molecule has 108 valence electrons. The molecule has 4 heteroatoms. The lowest BCUT2D eigenvalue weighted by Crippen LogP contribution is -2.45. The number of unbranched alkanes of at least 4 members (excludes halogenated alkanes) is 1. The summed E-state index contributed by atoms with van der Waals surface area (Å²) in [4.78, 5) is 12.1. The molecular formula is C14H30N2O2. The highest BCUT2D eigenvalue weighted by atomic mass is 16.5. The number of hydrogen-bond acceptors (Lipinski definition) is 3. The van der Waals surface area contributed by atoms with Crippen LogP contribution in [0.3, 0.4) is 0 Å². The summed E-state index contributed by atoms with van der Waals surface area (Å²) in [5, 5.41) is 2.99. The minimum atomic E-state index is -0.381. The Hall–Kier alpha value is -0.610. The van der Waals surface area contributed by atoms with Crippen molar-refractivity contribution in [3.05, 3.63) is 0 Å². The highest BCUT2D eigenvalue weighted by molar-refractivity contribution is 5.82. The number of carbonyl (C=O) groups is 1. The van der Waals surface area contributed by atoms with Gasteiger partial charge in [0.2, 0.25) is 5.91 Å². The van der Waals surface area contributed by atoms with Crippen molar-refractivity contribution in [1.82, 2.24) is 5.32 Å². The van der Waals surface area contributed by atoms with E-state index in [1.165, 1.54) is 0 Å². The van der Waals surface area contributed by atoms with E-state index < -0.39 is 0 Å². The lowest BCUT2D eigenvalue weighted by Gasteiger charge is -2.28. The summed E-state index contributed by atoms with van der Waals surface area (Å²) in [6.07, 6.45) is 3.80. The molecule has 4 nitrogen and oxygen atoms in total. The van der Waals surface area contributed by atoms with E-state index in [0.29, 0.717) is 13.1 Å². The first-order chi connectivity index (χ1) is 8.52. The highest BCUT2D eigenvalue weighted by Crippen LogP contribution is 2.24. The van der Waals surface area contributed by atoms with Gasteiger partial charge in [0, 0.05) is 19.7 Å². The summed E-state index contributed by atoms with van der Waals surface area (Å²) in [5.74, 6) is 0.0970. The maximum Gasteiger partial charge on any atom is 0.227 e. The number of ether oxygens (including phenoxy) is 1. The van der Waals surface area contributed by atoms with Crippen LogP contribution in [0.4, 0.5) is 0 Å². The third-order valence-electron chi connectivity index (χ3n) is 3.53. The van der Waals surface area contributed by atoms with Crippen molar-refractivity contribution in [2.45, 2.75) is 59.5 Å². The molecule has 0 aromatic heterocycles. The van der Waals surface area contributed by atoms with Gasteiger partial charge in [0.1, 0.15) is 0 Å². The maximum atomic E-state index is 12.1. The average molecular weight is 258 g/mol. The van der Waals surface area contributed by atoms with Crippen LogP contribution in [0.1, 0.15) is 53.4 Å². The number of carbonyl (C=O) groups excluding carboxylic acids is 1.